The second-order valence-corrected chi connectivity index (χ2v) is 6.24. The number of hydrogen-bond donors (Lipinski definition) is 1. The van der Waals surface area contributed by atoms with E-state index in [0.29, 0.717) is 31.5 Å². The van der Waals surface area contributed by atoms with Gasteiger partial charge in [0.2, 0.25) is 5.91 Å². The predicted octanol–water partition coefficient (Wildman–Crippen LogP) is 1.93. The Morgan fingerprint density at radius 2 is 1.92 bits per heavy atom. The number of nitrogens with two attached hydrogens (primary N) is 1. The fourth-order valence-corrected chi connectivity index (χ4v) is 3.29. The molecule has 0 fully saturated rings. The van der Waals surface area contributed by atoms with Gasteiger partial charge in [-0.05, 0) is 35.6 Å². The lowest BCUT2D eigenvalue weighted by molar-refractivity contribution is -0.133. The molecule has 0 saturated heterocycles. The fraction of sp³-hybridized carbons (Fsp3) is 0.300. The van der Waals surface area contributed by atoms with Gasteiger partial charge in [-0.3, -0.25) is 4.79 Å². The number of ether oxygens (including phenoxy) is 1. The number of amides is 1. The van der Waals surface area contributed by atoms with Crippen molar-refractivity contribution >= 4 is 11.9 Å². The van der Waals surface area contributed by atoms with Gasteiger partial charge >= 0.3 is 5.97 Å². The maximum Gasteiger partial charge on any atom is 0.338 e. The van der Waals surface area contributed by atoms with Crippen molar-refractivity contribution in [1.29, 1.82) is 0 Å². The molecule has 0 bridgehead atoms. The molecule has 2 aromatic carbocycles. The predicted molar refractivity (Wildman–Crippen MR) is 95.0 cm³/mol. The van der Waals surface area contributed by atoms with Crippen molar-refractivity contribution in [3.8, 4) is 0 Å². The van der Waals surface area contributed by atoms with Gasteiger partial charge in [0, 0.05) is 13.1 Å². The van der Waals surface area contributed by atoms with Crippen molar-refractivity contribution in [2.45, 2.75) is 25.4 Å². The van der Waals surface area contributed by atoms with E-state index >= 15 is 0 Å². The fourth-order valence-electron chi connectivity index (χ4n) is 3.29. The smallest absolute Gasteiger partial charge is 0.338 e. The van der Waals surface area contributed by atoms with E-state index in [1.165, 1.54) is 7.11 Å². The topological polar surface area (TPSA) is 72.6 Å². The number of fused-ring (bicyclic) bond motifs is 1. The Kier molecular flexibility index (Phi) is 5.14. The van der Waals surface area contributed by atoms with Crippen molar-refractivity contribution in [2.24, 2.45) is 5.73 Å². The zero-order valence-corrected chi connectivity index (χ0v) is 14.3. The van der Waals surface area contributed by atoms with Gasteiger partial charge in [0.05, 0.1) is 18.7 Å². The second kappa shape index (κ2) is 7.49. The molecule has 3 rings (SSSR count). The summed E-state index contributed by atoms with van der Waals surface area (Å²) in [5.41, 5.74) is 9.72. The number of hydrogen-bond acceptors (Lipinski definition) is 4. The number of methoxy groups -OCH3 is 1. The highest BCUT2D eigenvalue weighted by Gasteiger charge is 2.27. The van der Waals surface area contributed by atoms with Crippen LogP contribution in [0, 0.1) is 0 Å². The van der Waals surface area contributed by atoms with Crippen LogP contribution in [0.5, 0.6) is 0 Å². The van der Waals surface area contributed by atoms with E-state index in [-0.39, 0.29) is 11.9 Å². The maximum absolute atomic E-state index is 12.7. The monoisotopic (exact) mass is 338 g/mol. The van der Waals surface area contributed by atoms with Gasteiger partial charge < -0.3 is 15.4 Å². The van der Waals surface area contributed by atoms with Crippen molar-refractivity contribution in [2.75, 3.05) is 13.7 Å². The third-order valence-corrected chi connectivity index (χ3v) is 4.60. The molecule has 5 heteroatoms. The Morgan fingerprint density at radius 1 is 1.16 bits per heavy atom. The largest absolute Gasteiger partial charge is 0.465 e. The molecule has 1 atom stereocenters. The number of benzene rings is 2. The Bertz CT molecular complexity index is 774. The molecule has 1 heterocycles. The van der Waals surface area contributed by atoms with E-state index in [1.54, 1.807) is 11.0 Å². The quantitative estimate of drug-likeness (QED) is 0.865. The van der Waals surface area contributed by atoms with Gasteiger partial charge in [-0.15, -0.1) is 0 Å². The molecule has 1 aliphatic heterocycles. The first-order chi connectivity index (χ1) is 12.1. The zero-order chi connectivity index (χ0) is 17.8. The minimum Gasteiger partial charge on any atom is -0.465 e. The molecular formula is C20H22N2O3. The van der Waals surface area contributed by atoms with Crippen LogP contribution < -0.4 is 5.73 Å². The normalized spacial score (nSPS) is 14.6. The first-order valence-electron chi connectivity index (χ1n) is 8.37. The van der Waals surface area contributed by atoms with Crippen LogP contribution in [-0.4, -0.2) is 36.5 Å². The second-order valence-electron chi connectivity index (χ2n) is 6.24. The molecule has 2 N–H and O–H groups in total. The van der Waals surface area contributed by atoms with Crippen molar-refractivity contribution < 1.29 is 14.3 Å². The summed E-state index contributed by atoms with van der Waals surface area (Å²) in [6, 6.07) is 14.7. The Balaban J connectivity index is 1.72. The van der Waals surface area contributed by atoms with Gasteiger partial charge in [0.1, 0.15) is 0 Å². The average Bonchev–Trinajstić information content (AvgIpc) is 2.66. The molecule has 0 saturated carbocycles. The molecule has 1 unspecified atom stereocenters. The standard InChI is InChI=1S/C20H22N2O3/c1-25-20(24)17-9-5-8-15-13-22(11-10-16(15)17)19(23)18(21)12-14-6-3-2-4-7-14/h2-9,18H,10-13,21H2,1H3. The summed E-state index contributed by atoms with van der Waals surface area (Å²) in [5.74, 6) is -0.393. The highest BCUT2D eigenvalue weighted by molar-refractivity contribution is 5.91. The van der Waals surface area contributed by atoms with E-state index in [4.69, 9.17) is 10.5 Å². The van der Waals surface area contributed by atoms with Crippen LogP contribution in [-0.2, 0) is 28.9 Å². The van der Waals surface area contributed by atoms with Crippen LogP contribution in [0.1, 0.15) is 27.0 Å². The van der Waals surface area contributed by atoms with E-state index in [9.17, 15) is 9.59 Å². The van der Waals surface area contributed by atoms with Crippen molar-refractivity contribution in [3.05, 3.63) is 70.8 Å². The van der Waals surface area contributed by atoms with Crippen LogP contribution in [0.3, 0.4) is 0 Å². The number of carbonyl (C=O) groups excluding carboxylic acids is 2. The van der Waals surface area contributed by atoms with Gasteiger partial charge in [0.15, 0.2) is 0 Å². The van der Waals surface area contributed by atoms with Crippen LogP contribution in [0.2, 0.25) is 0 Å². The highest BCUT2D eigenvalue weighted by Crippen LogP contribution is 2.23. The summed E-state index contributed by atoms with van der Waals surface area (Å²) < 4.78 is 4.84. The van der Waals surface area contributed by atoms with E-state index < -0.39 is 6.04 Å². The summed E-state index contributed by atoms with van der Waals surface area (Å²) >= 11 is 0. The molecule has 0 radical (unpaired) electrons. The molecular weight excluding hydrogens is 316 g/mol. The number of rotatable bonds is 4. The van der Waals surface area contributed by atoms with E-state index in [2.05, 4.69) is 0 Å². The Hall–Kier alpha value is -2.66. The summed E-state index contributed by atoms with van der Waals surface area (Å²) in [6.07, 6.45) is 1.15. The van der Waals surface area contributed by atoms with E-state index in [1.807, 2.05) is 42.5 Å². The molecule has 2 aromatic rings. The Labute approximate surface area is 147 Å². The van der Waals surface area contributed by atoms with Crippen LogP contribution in [0.15, 0.2) is 48.5 Å². The maximum atomic E-state index is 12.7. The molecule has 1 amide bonds. The lowest BCUT2D eigenvalue weighted by atomic mass is 9.94. The van der Waals surface area contributed by atoms with Crippen LogP contribution in [0.4, 0.5) is 0 Å². The Morgan fingerprint density at radius 3 is 2.64 bits per heavy atom. The summed E-state index contributed by atoms with van der Waals surface area (Å²) in [4.78, 5) is 26.4. The van der Waals surface area contributed by atoms with E-state index in [0.717, 1.165) is 16.7 Å². The zero-order valence-electron chi connectivity index (χ0n) is 14.3. The molecule has 130 valence electrons. The molecule has 5 nitrogen and oxygen atoms in total. The lowest BCUT2D eigenvalue weighted by Crippen LogP contribution is -2.47. The molecule has 0 aliphatic carbocycles. The van der Waals surface area contributed by atoms with Crippen molar-refractivity contribution in [3.63, 3.8) is 0 Å². The van der Waals surface area contributed by atoms with Crippen LogP contribution >= 0.6 is 0 Å². The van der Waals surface area contributed by atoms with Crippen molar-refractivity contribution in [1.82, 2.24) is 4.90 Å². The third-order valence-electron chi connectivity index (χ3n) is 4.60. The summed E-state index contributed by atoms with van der Waals surface area (Å²) in [6.45, 7) is 1.03. The van der Waals surface area contributed by atoms with Crippen LogP contribution in [0.25, 0.3) is 0 Å². The van der Waals surface area contributed by atoms with Gasteiger partial charge in [-0.1, -0.05) is 42.5 Å². The lowest BCUT2D eigenvalue weighted by Gasteiger charge is -2.31. The highest BCUT2D eigenvalue weighted by atomic mass is 16.5. The van der Waals surface area contributed by atoms with Gasteiger partial charge in [-0.25, -0.2) is 4.79 Å². The summed E-state index contributed by atoms with van der Waals surface area (Å²) in [7, 11) is 1.38. The van der Waals surface area contributed by atoms with Gasteiger partial charge in [-0.2, -0.15) is 0 Å². The first-order valence-corrected chi connectivity index (χ1v) is 8.37. The SMILES string of the molecule is COC(=O)c1cccc2c1CCN(C(=O)C(N)Cc1ccccc1)C2. The third kappa shape index (κ3) is 3.72. The minimum atomic E-state index is -0.562. The molecule has 1 aliphatic rings. The summed E-state index contributed by atoms with van der Waals surface area (Å²) in [5, 5.41) is 0. The number of esters is 1. The van der Waals surface area contributed by atoms with Gasteiger partial charge in [0.25, 0.3) is 0 Å². The molecule has 25 heavy (non-hydrogen) atoms. The first kappa shape index (κ1) is 17.2. The molecule has 0 spiro atoms. The average molecular weight is 338 g/mol. The number of carbonyl (C=O) groups is 2. The molecule has 0 aromatic heterocycles. The number of nitrogens with zero attached hydrogens (tertiary/aromatic N) is 1. The minimum absolute atomic E-state index is 0.0574.